The average molecular weight is 277 g/mol. The van der Waals surface area contributed by atoms with Gasteiger partial charge < -0.3 is 16.5 Å². The number of aromatic amines is 1. The summed E-state index contributed by atoms with van der Waals surface area (Å²) in [6, 6.07) is 6.73. The van der Waals surface area contributed by atoms with E-state index in [9.17, 15) is 4.79 Å². The van der Waals surface area contributed by atoms with Crippen LogP contribution in [0.4, 0.5) is 5.82 Å². The van der Waals surface area contributed by atoms with E-state index in [0.717, 1.165) is 5.69 Å². The summed E-state index contributed by atoms with van der Waals surface area (Å²) in [4.78, 5) is 22.4. The highest BCUT2D eigenvalue weighted by Gasteiger charge is 2.20. The number of nitrogens with zero attached hydrogens (tertiary/aromatic N) is 2. The molecule has 0 aliphatic heterocycles. The van der Waals surface area contributed by atoms with Crippen LogP contribution >= 0.6 is 11.8 Å². The summed E-state index contributed by atoms with van der Waals surface area (Å²) in [5.41, 5.74) is 12.1. The zero-order chi connectivity index (χ0) is 13.8. The van der Waals surface area contributed by atoms with Crippen molar-refractivity contribution in [3.05, 3.63) is 46.5 Å². The summed E-state index contributed by atoms with van der Waals surface area (Å²) in [6.45, 7) is 1.89. The molecule has 7 heteroatoms. The lowest BCUT2D eigenvalue weighted by molar-refractivity contribution is 0.702. The summed E-state index contributed by atoms with van der Waals surface area (Å²) in [7, 11) is 0. The molecule has 0 fully saturated rings. The molecule has 2 atom stereocenters. The van der Waals surface area contributed by atoms with Gasteiger partial charge in [0.15, 0.2) is 5.16 Å². The normalized spacial score (nSPS) is 14.0. The van der Waals surface area contributed by atoms with Gasteiger partial charge in [0.2, 0.25) is 0 Å². The quantitative estimate of drug-likeness (QED) is 0.566. The second-order valence-corrected chi connectivity index (χ2v) is 5.26. The molecule has 19 heavy (non-hydrogen) atoms. The lowest BCUT2D eigenvalue weighted by Gasteiger charge is -2.18. The second kappa shape index (κ2) is 5.85. The summed E-state index contributed by atoms with van der Waals surface area (Å²) >= 11 is 1.34. The van der Waals surface area contributed by atoms with Gasteiger partial charge in [-0.2, -0.15) is 0 Å². The van der Waals surface area contributed by atoms with Crippen LogP contribution in [0.15, 0.2) is 40.4 Å². The fourth-order valence-electron chi connectivity index (χ4n) is 1.61. The first kappa shape index (κ1) is 13.6. The minimum atomic E-state index is -0.278. The molecule has 2 unspecified atom stereocenters. The van der Waals surface area contributed by atoms with Gasteiger partial charge in [-0.3, -0.25) is 9.78 Å². The number of nitrogens with one attached hydrogen (secondary N) is 1. The summed E-state index contributed by atoms with van der Waals surface area (Å²) in [5.74, 6) is 0.190. The Morgan fingerprint density at radius 2 is 2.21 bits per heavy atom. The van der Waals surface area contributed by atoms with E-state index in [1.807, 2.05) is 25.1 Å². The molecule has 2 heterocycles. The lowest BCUT2D eigenvalue weighted by Crippen LogP contribution is -2.24. The standard InChI is InChI=1S/C12H15N5OS/c1-7(13)11(8-4-2-3-5-15-8)19-12-16-9(14)6-10(18)17-12/h2-7,11H,13H2,1H3,(H3,14,16,17,18). The monoisotopic (exact) mass is 277 g/mol. The van der Waals surface area contributed by atoms with E-state index < -0.39 is 0 Å². The topological polar surface area (TPSA) is 111 Å². The molecule has 6 nitrogen and oxygen atoms in total. The Hall–Kier alpha value is -1.86. The summed E-state index contributed by atoms with van der Waals surface area (Å²) in [5, 5.41) is 0.337. The van der Waals surface area contributed by atoms with Gasteiger partial charge in [0.05, 0.1) is 10.9 Å². The SMILES string of the molecule is CC(N)C(Sc1nc(N)cc(=O)[nH]1)c1ccccn1. The highest BCUT2D eigenvalue weighted by Crippen LogP contribution is 2.33. The molecule has 0 aliphatic rings. The van der Waals surface area contributed by atoms with Crippen molar-refractivity contribution >= 4 is 17.6 Å². The molecule has 0 aromatic carbocycles. The Balaban J connectivity index is 2.29. The number of rotatable bonds is 4. The third kappa shape index (κ3) is 3.55. The number of thioether (sulfide) groups is 1. The number of hydrogen-bond acceptors (Lipinski definition) is 6. The molecule has 0 amide bonds. The predicted molar refractivity (Wildman–Crippen MR) is 75.8 cm³/mol. The van der Waals surface area contributed by atoms with Gasteiger partial charge in [-0.25, -0.2) is 4.98 Å². The fourth-order valence-corrected chi connectivity index (χ4v) is 2.64. The van der Waals surface area contributed by atoms with Crippen LogP contribution in [0.5, 0.6) is 0 Å². The van der Waals surface area contributed by atoms with Crippen LogP contribution in [0.25, 0.3) is 0 Å². The van der Waals surface area contributed by atoms with Gasteiger partial charge in [-0.15, -0.1) is 0 Å². The molecular formula is C12H15N5OS. The number of nitrogens with two attached hydrogens (primary N) is 2. The molecule has 0 saturated carbocycles. The van der Waals surface area contributed by atoms with Crippen LogP contribution in [0.1, 0.15) is 17.9 Å². The molecule has 0 bridgehead atoms. The molecule has 5 N–H and O–H groups in total. The molecule has 0 spiro atoms. The van der Waals surface area contributed by atoms with Crippen LogP contribution < -0.4 is 17.0 Å². The van der Waals surface area contributed by atoms with E-state index in [0.29, 0.717) is 5.16 Å². The third-order valence-electron chi connectivity index (χ3n) is 2.44. The van der Waals surface area contributed by atoms with E-state index in [1.54, 1.807) is 6.20 Å². The molecule has 2 aromatic rings. The van der Waals surface area contributed by atoms with Gasteiger partial charge in [0.25, 0.3) is 5.56 Å². The maximum atomic E-state index is 11.4. The highest BCUT2D eigenvalue weighted by atomic mass is 32.2. The third-order valence-corrected chi connectivity index (χ3v) is 3.78. The molecular weight excluding hydrogens is 262 g/mol. The Morgan fingerprint density at radius 3 is 2.79 bits per heavy atom. The van der Waals surface area contributed by atoms with E-state index in [-0.39, 0.29) is 22.7 Å². The molecule has 0 aliphatic carbocycles. The molecule has 2 aromatic heterocycles. The van der Waals surface area contributed by atoms with Gasteiger partial charge in [0.1, 0.15) is 5.82 Å². The molecule has 0 saturated heterocycles. The molecule has 0 radical (unpaired) electrons. The smallest absolute Gasteiger partial charge is 0.253 e. The Morgan fingerprint density at radius 1 is 1.42 bits per heavy atom. The minimum Gasteiger partial charge on any atom is -0.383 e. The highest BCUT2D eigenvalue weighted by molar-refractivity contribution is 7.99. The number of hydrogen-bond donors (Lipinski definition) is 3. The molecule has 100 valence electrons. The first-order valence-corrected chi connectivity index (χ1v) is 6.64. The maximum Gasteiger partial charge on any atom is 0.253 e. The fraction of sp³-hybridized carbons (Fsp3) is 0.250. The van der Waals surface area contributed by atoms with Crippen molar-refractivity contribution in [1.82, 2.24) is 15.0 Å². The maximum absolute atomic E-state index is 11.4. The van der Waals surface area contributed by atoms with Crippen LogP contribution in [-0.2, 0) is 0 Å². The zero-order valence-electron chi connectivity index (χ0n) is 10.4. The first-order valence-electron chi connectivity index (χ1n) is 5.76. The number of aromatic nitrogens is 3. The van der Waals surface area contributed by atoms with Gasteiger partial charge in [-0.05, 0) is 19.1 Å². The largest absolute Gasteiger partial charge is 0.383 e. The van der Waals surface area contributed by atoms with E-state index in [4.69, 9.17) is 11.5 Å². The molecule has 2 rings (SSSR count). The van der Waals surface area contributed by atoms with E-state index in [1.165, 1.54) is 17.8 Å². The van der Waals surface area contributed by atoms with Crippen LogP contribution in [0, 0.1) is 0 Å². The lowest BCUT2D eigenvalue weighted by atomic mass is 10.2. The number of H-pyrrole nitrogens is 1. The van der Waals surface area contributed by atoms with Crippen molar-refractivity contribution in [2.75, 3.05) is 5.73 Å². The van der Waals surface area contributed by atoms with Gasteiger partial charge in [-0.1, -0.05) is 17.8 Å². The zero-order valence-corrected chi connectivity index (χ0v) is 11.2. The number of anilines is 1. The van der Waals surface area contributed by atoms with Crippen molar-refractivity contribution in [3.8, 4) is 0 Å². The predicted octanol–water partition coefficient (Wildman–Crippen LogP) is 0.928. The van der Waals surface area contributed by atoms with E-state index in [2.05, 4.69) is 15.0 Å². The van der Waals surface area contributed by atoms with Crippen molar-refractivity contribution in [3.63, 3.8) is 0 Å². The second-order valence-electron chi connectivity index (χ2n) is 4.13. The van der Waals surface area contributed by atoms with Crippen molar-refractivity contribution < 1.29 is 0 Å². The van der Waals surface area contributed by atoms with Crippen LogP contribution in [-0.4, -0.2) is 21.0 Å². The summed E-state index contributed by atoms with van der Waals surface area (Å²) < 4.78 is 0. The first-order chi connectivity index (χ1) is 9.06. The Kier molecular flexibility index (Phi) is 4.18. The Labute approximate surface area is 114 Å². The summed E-state index contributed by atoms with van der Waals surface area (Å²) in [6.07, 6.45) is 1.71. The number of nitrogen functional groups attached to an aromatic ring is 1. The average Bonchev–Trinajstić information content (AvgIpc) is 2.35. The van der Waals surface area contributed by atoms with E-state index >= 15 is 0 Å². The van der Waals surface area contributed by atoms with Crippen molar-refractivity contribution in [2.45, 2.75) is 23.4 Å². The minimum absolute atomic E-state index is 0.105. The van der Waals surface area contributed by atoms with Crippen molar-refractivity contribution in [2.24, 2.45) is 5.73 Å². The van der Waals surface area contributed by atoms with Gasteiger partial charge >= 0.3 is 0 Å². The van der Waals surface area contributed by atoms with Gasteiger partial charge in [0, 0.05) is 18.3 Å². The van der Waals surface area contributed by atoms with Crippen molar-refractivity contribution in [1.29, 1.82) is 0 Å². The Bertz CT molecular complexity index is 599. The number of pyridine rings is 1. The van der Waals surface area contributed by atoms with Crippen LogP contribution in [0.3, 0.4) is 0 Å². The van der Waals surface area contributed by atoms with Crippen LogP contribution in [0.2, 0.25) is 0 Å².